The Morgan fingerprint density at radius 2 is 1.95 bits per heavy atom. The first-order valence-electron chi connectivity index (χ1n) is 6.66. The summed E-state index contributed by atoms with van der Waals surface area (Å²) in [6.45, 7) is 0. The molecule has 3 rings (SSSR count). The van der Waals surface area contributed by atoms with Crippen LogP contribution in [0.5, 0.6) is 5.75 Å². The lowest BCUT2D eigenvalue weighted by molar-refractivity contribution is 0.468. The molecule has 0 atom stereocenters. The van der Waals surface area contributed by atoms with Crippen molar-refractivity contribution in [2.24, 2.45) is 0 Å². The third kappa shape index (κ3) is 2.78. The molecule has 19 heavy (non-hydrogen) atoms. The lowest BCUT2D eigenvalue weighted by Gasteiger charge is -2.20. The Morgan fingerprint density at radius 1 is 1.16 bits per heavy atom. The van der Waals surface area contributed by atoms with E-state index in [9.17, 15) is 9.90 Å². The molecule has 0 amide bonds. The molecule has 2 aromatic rings. The Balaban J connectivity index is 1.90. The standard InChI is InChI=1S/C15H16O3S/c16-13-9-15(17)18-14-8-11(6-7-12(13)14)19-10-4-2-1-3-5-10/h6-10,16H,1-5H2. The highest BCUT2D eigenvalue weighted by atomic mass is 32.2. The van der Waals surface area contributed by atoms with Crippen molar-refractivity contribution in [2.45, 2.75) is 42.2 Å². The molecule has 0 spiro atoms. The van der Waals surface area contributed by atoms with Gasteiger partial charge in [-0.3, -0.25) is 0 Å². The fourth-order valence-corrected chi connectivity index (χ4v) is 3.85. The molecular weight excluding hydrogens is 260 g/mol. The van der Waals surface area contributed by atoms with Gasteiger partial charge in [0.2, 0.25) is 0 Å². The Morgan fingerprint density at radius 3 is 2.74 bits per heavy atom. The molecular formula is C15H16O3S. The van der Waals surface area contributed by atoms with E-state index in [1.54, 1.807) is 0 Å². The maximum atomic E-state index is 11.3. The van der Waals surface area contributed by atoms with Gasteiger partial charge in [-0.2, -0.15) is 0 Å². The molecule has 4 heteroatoms. The van der Waals surface area contributed by atoms with E-state index in [0.717, 1.165) is 11.0 Å². The summed E-state index contributed by atoms with van der Waals surface area (Å²) in [5.41, 5.74) is -0.0457. The van der Waals surface area contributed by atoms with E-state index in [2.05, 4.69) is 0 Å². The average molecular weight is 276 g/mol. The predicted octanol–water partition coefficient (Wildman–Crippen LogP) is 3.92. The molecule has 3 nitrogen and oxygen atoms in total. The van der Waals surface area contributed by atoms with Gasteiger partial charge in [-0.1, -0.05) is 19.3 Å². The minimum Gasteiger partial charge on any atom is -0.507 e. The van der Waals surface area contributed by atoms with Crippen LogP contribution >= 0.6 is 11.8 Å². The van der Waals surface area contributed by atoms with Crippen molar-refractivity contribution < 1.29 is 9.52 Å². The smallest absolute Gasteiger partial charge is 0.339 e. The summed E-state index contributed by atoms with van der Waals surface area (Å²) in [5.74, 6) is -0.0135. The fourth-order valence-electron chi connectivity index (χ4n) is 2.57. The summed E-state index contributed by atoms with van der Waals surface area (Å²) in [5, 5.41) is 11.0. The molecule has 1 N–H and O–H groups in total. The quantitative estimate of drug-likeness (QED) is 0.844. The maximum absolute atomic E-state index is 11.3. The van der Waals surface area contributed by atoms with Crippen LogP contribution in [0.1, 0.15) is 32.1 Å². The third-order valence-electron chi connectivity index (χ3n) is 3.55. The van der Waals surface area contributed by atoms with Crippen LogP contribution < -0.4 is 5.63 Å². The molecule has 1 fully saturated rings. The van der Waals surface area contributed by atoms with Crippen molar-refractivity contribution in [3.8, 4) is 5.75 Å². The fraction of sp³-hybridized carbons (Fsp3) is 0.400. The molecule has 0 bridgehead atoms. The van der Waals surface area contributed by atoms with E-state index in [4.69, 9.17) is 4.42 Å². The second kappa shape index (κ2) is 5.29. The largest absolute Gasteiger partial charge is 0.507 e. The zero-order valence-electron chi connectivity index (χ0n) is 10.6. The van der Waals surface area contributed by atoms with Crippen LogP contribution in [0.15, 0.2) is 38.4 Å². The average Bonchev–Trinajstić information content (AvgIpc) is 2.39. The highest BCUT2D eigenvalue weighted by molar-refractivity contribution is 8.00. The molecule has 1 heterocycles. The molecule has 1 saturated carbocycles. The Hall–Kier alpha value is -1.42. The van der Waals surface area contributed by atoms with E-state index >= 15 is 0 Å². The van der Waals surface area contributed by atoms with Gasteiger partial charge >= 0.3 is 5.63 Å². The Kier molecular flexibility index (Phi) is 3.51. The highest BCUT2D eigenvalue weighted by Crippen LogP contribution is 2.35. The topological polar surface area (TPSA) is 50.4 Å². The molecule has 1 aliphatic rings. The van der Waals surface area contributed by atoms with Crippen molar-refractivity contribution >= 4 is 22.7 Å². The van der Waals surface area contributed by atoms with E-state index in [-0.39, 0.29) is 5.75 Å². The van der Waals surface area contributed by atoms with Gasteiger partial charge in [0.15, 0.2) is 0 Å². The second-order valence-corrected chi connectivity index (χ2v) is 6.36. The lowest BCUT2D eigenvalue weighted by Crippen LogP contribution is -2.07. The van der Waals surface area contributed by atoms with Crippen molar-refractivity contribution in [2.75, 3.05) is 0 Å². The summed E-state index contributed by atoms with van der Waals surface area (Å²) in [7, 11) is 0. The molecule has 1 aromatic carbocycles. The van der Waals surface area contributed by atoms with Gasteiger partial charge in [-0.15, -0.1) is 11.8 Å². The van der Waals surface area contributed by atoms with Crippen molar-refractivity contribution in [3.63, 3.8) is 0 Å². The van der Waals surface area contributed by atoms with Gasteiger partial charge in [0, 0.05) is 10.1 Å². The SMILES string of the molecule is O=c1cc(O)c2ccc(SC3CCCCC3)cc2o1. The zero-order chi connectivity index (χ0) is 13.2. The summed E-state index contributed by atoms with van der Waals surface area (Å²) < 4.78 is 5.14. The van der Waals surface area contributed by atoms with Crippen LogP contribution in [0.25, 0.3) is 11.0 Å². The molecule has 100 valence electrons. The number of thioether (sulfide) groups is 1. The molecule has 0 radical (unpaired) electrons. The first-order valence-corrected chi connectivity index (χ1v) is 7.54. The van der Waals surface area contributed by atoms with Crippen molar-refractivity contribution in [1.82, 2.24) is 0 Å². The monoisotopic (exact) mass is 276 g/mol. The van der Waals surface area contributed by atoms with Gasteiger partial charge < -0.3 is 9.52 Å². The maximum Gasteiger partial charge on any atom is 0.339 e. The van der Waals surface area contributed by atoms with Gasteiger partial charge in [0.1, 0.15) is 11.3 Å². The zero-order valence-corrected chi connectivity index (χ0v) is 11.4. The van der Waals surface area contributed by atoms with Crippen LogP contribution in [0.4, 0.5) is 0 Å². The molecule has 1 aromatic heterocycles. The molecule has 0 unspecified atom stereocenters. The van der Waals surface area contributed by atoms with Crippen LogP contribution in [0.3, 0.4) is 0 Å². The summed E-state index contributed by atoms with van der Waals surface area (Å²) in [6, 6.07) is 6.77. The third-order valence-corrected chi connectivity index (χ3v) is 4.88. The second-order valence-electron chi connectivity index (χ2n) is 4.99. The van der Waals surface area contributed by atoms with Crippen LogP contribution in [0.2, 0.25) is 0 Å². The van der Waals surface area contributed by atoms with Gasteiger partial charge in [-0.25, -0.2) is 4.79 Å². The summed E-state index contributed by atoms with van der Waals surface area (Å²) in [6.07, 6.45) is 6.47. The number of hydrogen-bond donors (Lipinski definition) is 1. The first kappa shape index (κ1) is 12.6. The van der Waals surface area contributed by atoms with Crippen LogP contribution in [0, 0.1) is 0 Å². The normalized spacial score (nSPS) is 16.8. The van der Waals surface area contributed by atoms with Crippen LogP contribution in [-0.4, -0.2) is 10.4 Å². The van der Waals surface area contributed by atoms with E-state index in [0.29, 0.717) is 16.2 Å². The van der Waals surface area contributed by atoms with E-state index < -0.39 is 5.63 Å². The Bertz CT molecular complexity index is 641. The minimum atomic E-state index is -0.509. The van der Waals surface area contributed by atoms with Crippen molar-refractivity contribution in [1.29, 1.82) is 0 Å². The number of aromatic hydroxyl groups is 1. The summed E-state index contributed by atoms with van der Waals surface area (Å²) in [4.78, 5) is 12.4. The lowest BCUT2D eigenvalue weighted by atomic mass is 10.0. The minimum absolute atomic E-state index is 0.0135. The van der Waals surface area contributed by atoms with Crippen LogP contribution in [-0.2, 0) is 0 Å². The van der Waals surface area contributed by atoms with E-state index in [1.807, 2.05) is 30.0 Å². The number of rotatable bonds is 2. The first-order chi connectivity index (χ1) is 9.22. The Labute approximate surface area is 115 Å². The van der Waals surface area contributed by atoms with E-state index in [1.165, 1.54) is 32.1 Å². The van der Waals surface area contributed by atoms with Gasteiger partial charge in [0.05, 0.1) is 11.5 Å². The number of benzene rings is 1. The van der Waals surface area contributed by atoms with Gasteiger partial charge in [0.25, 0.3) is 0 Å². The number of hydrogen-bond acceptors (Lipinski definition) is 4. The number of fused-ring (bicyclic) bond motifs is 1. The molecule has 0 saturated heterocycles. The molecule has 0 aliphatic heterocycles. The summed E-state index contributed by atoms with van der Waals surface area (Å²) >= 11 is 1.85. The van der Waals surface area contributed by atoms with Crippen molar-refractivity contribution in [3.05, 3.63) is 34.7 Å². The van der Waals surface area contributed by atoms with Gasteiger partial charge in [-0.05, 0) is 31.0 Å². The predicted molar refractivity (Wildman–Crippen MR) is 76.9 cm³/mol. The highest BCUT2D eigenvalue weighted by Gasteiger charge is 2.15. The molecule has 1 aliphatic carbocycles.